The molecule has 0 spiro atoms. The number of urea groups is 1. The van der Waals surface area contributed by atoms with Gasteiger partial charge in [0.2, 0.25) is 23.6 Å². The van der Waals surface area contributed by atoms with Crippen molar-refractivity contribution in [2.24, 2.45) is 5.92 Å². The third-order valence-corrected chi connectivity index (χ3v) is 14.9. The van der Waals surface area contributed by atoms with E-state index in [1.165, 1.54) is 0 Å². The highest BCUT2D eigenvalue weighted by molar-refractivity contribution is 5.97. The van der Waals surface area contributed by atoms with Gasteiger partial charge in [-0.1, -0.05) is 68.8 Å². The molecular formula is C53H65N13O6. The molecule has 72 heavy (non-hydrogen) atoms. The number of anilines is 3. The Bertz CT molecular complexity index is 2850. The first-order chi connectivity index (χ1) is 34.7. The number of imidazole rings is 1. The molecule has 2 atom stereocenters. The maximum atomic E-state index is 14.1. The molecule has 0 radical (unpaired) electrons. The lowest BCUT2D eigenvalue weighted by Crippen LogP contribution is -2.65. The van der Waals surface area contributed by atoms with Gasteiger partial charge < -0.3 is 35.6 Å². The van der Waals surface area contributed by atoms with Crippen LogP contribution in [0, 0.1) is 5.92 Å². The van der Waals surface area contributed by atoms with E-state index in [4.69, 9.17) is 20.2 Å². The molecule has 4 fully saturated rings. The summed E-state index contributed by atoms with van der Waals surface area (Å²) < 4.78 is 7.55. The summed E-state index contributed by atoms with van der Waals surface area (Å²) in [5, 5.41) is 12.6. The molecule has 5 aromatic rings. The van der Waals surface area contributed by atoms with Crippen molar-refractivity contribution >= 4 is 58.7 Å². The minimum absolute atomic E-state index is 0.00225. The van der Waals surface area contributed by atoms with Crippen molar-refractivity contribution in [1.82, 2.24) is 49.8 Å². The Morgan fingerprint density at radius 2 is 1.71 bits per heavy atom. The first-order valence-corrected chi connectivity index (χ1v) is 25.5. The van der Waals surface area contributed by atoms with Crippen molar-refractivity contribution in [1.29, 1.82) is 0 Å². The summed E-state index contributed by atoms with van der Waals surface area (Å²) in [6.07, 6.45) is 14.3. The fourth-order valence-corrected chi connectivity index (χ4v) is 10.8. The number of piperidine rings is 1. The number of benzene rings is 1. The topological polar surface area (TPSA) is 230 Å². The molecule has 6 amide bonds. The van der Waals surface area contributed by atoms with Crippen molar-refractivity contribution in [3.8, 4) is 11.3 Å². The molecule has 0 unspecified atom stereocenters. The number of amides is 6. The molecule has 8 heterocycles. The number of aromatic nitrogens is 5. The van der Waals surface area contributed by atoms with Gasteiger partial charge in [-0.3, -0.25) is 33.8 Å². The van der Waals surface area contributed by atoms with Crippen LogP contribution in [0.1, 0.15) is 113 Å². The van der Waals surface area contributed by atoms with E-state index in [2.05, 4.69) is 46.4 Å². The summed E-state index contributed by atoms with van der Waals surface area (Å²) in [4.78, 5) is 87.3. The number of hydrogen-bond donors (Lipinski definition) is 4. The average Bonchev–Trinajstić information content (AvgIpc) is 3.99. The lowest BCUT2D eigenvalue weighted by atomic mass is 9.85. The van der Waals surface area contributed by atoms with Gasteiger partial charge in [0, 0.05) is 80.8 Å². The van der Waals surface area contributed by atoms with Crippen LogP contribution in [0.25, 0.3) is 22.9 Å². The van der Waals surface area contributed by atoms with Crippen LogP contribution in [0.4, 0.5) is 22.2 Å². The van der Waals surface area contributed by atoms with Crippen LogP contribution >= 0.6 is 0 Å². The average molecular weight is 980 g/mol. The largest absolute Gasteiger partial charge is 0.382 e. The van der Waals surface area contributed by atoms with E-state index in [0.29, 0.717) is 80.5 Å². The molecule has 19 heteroatoms. The van der Waals surface area contributed by atoms with Gasteiger partial charge in [0.1, 0.15) is 34.4 Å². The first-order valence-electron chi connectivity index (χ1n) is 25.5. The number of imide groups is 1. The third-order valence-electron chi connectivity index (χ3n) is 14.9. The molecule has 10 rings (SSSR count). The van der Waals surface area contributed by atoms with E-state index in [-0.39, 0.29) is 72.0 Å². The lowest BCUT2D eigenvalue weighted by Gasteiger charge is -2.46. The van der Waals surface area contributed by atoms with Gasteiger partial charge in [0.15, 0.2) is 5.82 Å². The molecule has 1 aromatic carbocycles. The van der Waals surface area contributed by atoms with Crippen molar-refractivity contribution in [2.45, 2.75) is 115 Å². The van der Waals surface area contributed by atoms with Crippen molar-refractivity contribution in [3.63, 3.8) is 0 Å². The van der Waals surface area contributed by atoms with Gasteiger partial charge in [0.05, 0.1) is 30.9 Å². The van der Waals surface area contributed by atoms with E-state index < -0.39 is 0 Å². The smallest absolute Gasteiger partial charge is 0.324 e. The van der Waals surface area contributed by atoms with Crippen LogP contribution in [0.2, 0.25) is 0 Å². The second-order valence-electron chi connectivity index (χ2n) is 21.3. The highest BCUT2D eigenvalue weighted by Crippen LogP contribution is 2.38. The second kappa shape index (κ2) is 20.5. The zero-order valence-corrected chi connectivity index (χ0v) is 41.4. The molecule has 3 saturated heterocycles. The minimum atomic E-state index is -0.310. The second-order valence-corrected chi connectivity index (χ2v) is 21.3. The summed E-state index contributed by atoms with van der Waals surface area (Å²) in [6.45, 7) is 10.8. The number of fused-ring (bicyclic) bond motifs is 3. The van der Waals surface area contributed by atoms with E-state index in [0.717, 1.165) is 85.8 Å². The number of pyridine rings is 1. The molecular weight excluding hydrogens is 915 g/mol. The van der Waals surface area contributed by atoms with Crippen molar-refractivity contribution < 1.29 is 28.5 Å². The molecule has 1 aliphatic carbocycles. The van der Waals surface area contributed by atoms with Crippen molar-refractivity contribution in [3.05, 3.63) is 89.3 Å². The number of nitrogens with two attached hydrogens (primary N) is 1. The number of nitrogens with one attached hydrogen (secondary N) is 3. The van der Waals surface area contributed by atoms with Crippen LogP contribution in [-0.2, 0) is 37.6 Å². The SMILES string of the molecule is CC(C)(C)c1cc(NC(=O)Cc2ccc(-c3nc4n5c(cnc(N)c35)/C=C/CCN(C(=O)CC3CCN(Cc5ccc(N6CC(N7CCC(=O)NC7=O)C6)nc5)CC3)CC(=O)N[C@@H]3CCC[C@@H]4C3)cc2)no1. The van der Waals surface area contributed by atoms with E-state index in [9.17, 15) is 24.0 Å². The van der Waals surface area contributed by atoms with Crippen LogP contribution in [0.3, 0.4) is 0 Å². The third kappa shape index (κ3) is 10.9. The fraction of sp³-hybridized carbons (Fsp3) is 0.491. The van der Waals surface area contributed by atoms with Gasteiger partial charge >= 0.3 is 6.03 Å². The molecule has 19 nitrogen and oxygen atoms in total. The Kier molecular flexibility index (Phi) is 13.8. The zero-order chi connectivity index (χ0) is 50.1. The Labute approximate surface area is 419 Å². The van der Waals surface area contributed by atoms with Gasteiger partial charge in [-0.25, -0.2) is 19.7 Å². The molecule has 5 aliphatic rings. The van der Waals surface area contributed by atoms with Crippen LogP contribution in [0.5, 0.6) is 0 Å². The van der Waals surface area contributed by atoms with Gasteiger partial charge in [-0.05, 0) is 80.8 Å². The van der Waals surface area contributed by atoms with Crippen LogP contribution in [0.15, 0.2) is 65.5 Å². The molecule has 378 valence electrons. The predicted molar refractivity (Wildman–Crippen MR) is 271 cm³/mol. The lowest BCUT2D eigenvalue weighted by molar-refractivity contribution is -0.137. The van der Waals surface area contributed by atoms with Gasteiger partial charge in [-0.15, -0.1) is 0 Å². The number of carbonyl (C=O) groups excluding carboxylic acids is 5. The number of nitrogen functional groups attached to an aromatic ring is 1. The van der Waals surface area contributed by atoms with Gasteiger partial charge in [0.25, 0.3) is 0 Å². The van der Waals surface area contributed by atoms with Crippen LogP contribution < -0.4 is 26.6 Å². The summed E-state index contributed by atoms with van der Waals surface area (Å²) in [5.41, 5.74) is 11.5. The van der Waals surface area contributed by atoms with E-state index in [1.807, 2.05) is 69.5 Å². The Hall–Kier alpha value is -7.15. The number of rotatable bonds is 10. The predicted octanol–water partition coefficient (Wildman–Crippen LogP) is 5.66. The molecule has 4 aromatic heterocycles. The molecule has 4 aliphatic heterocycles. The molecule has 1 saturated carbocycles. The maximum Gasteiger partial charge on any atom is 0.324 e. The highest BCUT2D eigenvalue weighted by atomic mass is 16.5. The first kappa shape index (κ1) is 48.5. The number of nitrogens with zero attached hydrogens (tertiary/aromatic N) is 9. The van der Waals surface area contributed by atoms with E-state index >= 15 is 0 Å². The number of carbonyl (C=O) groups is 5. The quantitative estimate of drug-likeness (QED) is 0.133. The Morgan fingerprint density at radius 1 is 0.917 bits per heavy atom. The highest BCUT2D eigenvalue weighted by Gasteiger charge is 2.38. The Morgan fingerprint density at radius 3 is 2.44 bits per heavy atom. The number of likely N-dealkylation sites (tertiary alicyclic amines) is 1. The van der Waals surface area contributed by atoms with Gasteiger partial charge in [-0.2, -0.15) is 0 Å². The Balaban J connectivity index is 0.764. The summed E-state index contributed by atoms with van der Waals surface area (Å²) >= 11 is 0. The standard InChI is InChI=1S/C53H65N13O6/c1-53(2,3)41-26-42(61-72-41)58-45(68)23-33-10-13-36(14-11-33)48-49-50(54)56-28-39-9-4-5-19-63(32-46(69)57-38-8-6-7-37(25-38)51(60-48)66(39)49)47(70)24-34-16-20-62(21-17-34)29-35-12-15-43(55-27-35)64-30-40(31-64)65-22-18-44(67)59-52(65)71/h4,9-15,26-28,34,37-38,40H,5-8,16-25,29-32H2,1-3H3,(H2,54,56)(H,57,69)(H,58,61,68)(H,59,67,71)/b9-4+/t37-,38-/m1/s1. The normalized spacial score (nSPS) is 21.2. The minimum Gasteiger partial charge on any atom is -0.382 e. The zero-order valence-electron chi connectivity index (χ0n) is 41.4. The number of hydrogen-bond acceptors (Lipinski definition) is 13. The molecule has 5 N–H and O–H groups in total. The fourth-order valence-electron chi connectivity index (χ4n) is 10.8. The summed E-state index contributed by atoms with van der Waals surface area (Å²) in [7, 11) is 0. The van der Waals surface area contributed by atoms with Crippen LogP contribution in [-0.4, -0.2) is 127 Å². The summed E-state index contributed by atoms with van der Waals surface area (Å²) in [6, 6.07) is 13.3. The molecule has 2 bridgehead atoms. The monoisotopic (exact) mass is 980 g/mol. The van der Waals surface area contributed by atoms with E-state index in [1.54, 1.807) is 22.1 Å². The maximum absolute atomic E-state index is 14.1. The summed E-state index contributed by atoms with van der Waals surface area (Å²) in [5.74, 6) is 2.87. The van der Waals surface area contributed by atoms with Crippen molar-refractivity contribution in [2.75, 3.05) is 61.8 Å².